The summed E-state index contributed by atoms with van der Waals surface area (Å²) in [5.41, 5.74) is 2.01. The molecule has 3 rings (SSSR count). The number of nitrogens with zero attached hydrogens (tertiary/aromatic N) is 1. The molecule has 1 aliphatic carbocycles. The number of rotatable bonds is 13. The van der Waals surface area contributed by atoms with E-state index in [0.717, 1.165) is 68.6 Å². The van der Waals surface area contributed by atoms with Gasteiger partial charge in [-0.1, -0.05) is 19.3 Å². The first kappa shape index (κ1) is 24.6. The van der Waals surface area contributed by atoms with Gasteiger partial charge in [0.2, 0.25) is 11.8 Å². The minimum atomic E-state index is 0.0711. The van der Waals surface area contributed by atoms with Gasteiger partial charge in [-0.25, -0.2) is 0 Å². The topological polar surface area (TPSA) is 78.9 Å². The Kier molecular flexibility index (Phi) is 10.3. The highest BCUT2D eigenvalue weighted by Gasteiger charge is 2.20. The van der Waals surface area contributed by atoms with Gasteiger partial charge in [-0.3, -0.25) is 9.59 Å². The van der Waals surface area contributed by atoms with E-state index in [4.69, 9.17) is 9.84 Å². The molecule has 1 heterocycles. The van der Waals surface area contributed by atoms with E-state index in [2.05, 4.69) is 10.2 Å². The number of anilines is 1. The minimum Gasteiger partial charge on any atom is -0.494 e. The molecule has 32 heavy (non-hydrogen) atoms. The van der Waals surface area contributed by atoms with Crippen molar-refractivity contribution in [2.24, 2.45) is 5.92 Å². The number of carbonyl (C=O) groups excluding carboxylic acids is 2. The molecule has 1 aromatic carbocycles. The Balaban J connectivity index is 1.38. The summed E-state index contributed by atoms with van der Waals surface area (Å²) in [5.74, 6) is 1.82. The van der Waals surface area contributed by atoms with Gasteiger partial charge in [-0.2, -0.15) is 0 Å². The third kappa shape index (κ3) is 8.12. The molecule has 1 saturated carbocycles. The molecule has 6 nitrogen and oxygen atoms in total. The van der Waals surface area contributed by atoms with Crippen molar-refractivity contribution in [2.75, 3.05) is 31.6 Å². The maximum Gasteiger partial charge on any atom is 0.224 e. The van der Waals surface area contributed by atoms with E-state index in [-0.39, 0.29) is 18.4 Å². The lowest BCUT2D eigenvalue weighted by molar-refractivity contribution is -0.132. The Hall–Kier alpha value is -2.08. The van der Waals surface area contributed by atoms with E-state index in [1.165, 1.54) is 32.1 Å². The van der Waals surface area contributed by atoms with E-state index in [1.807, 2.05) is 18.2 Å². The van der Waals surface area contributed by atoms with Crippen LogP contribution in [0.15, 0.2) is 18.2 Å². The zero-order valence-corrected chi connectivity index (χ0v) is 19.4. The number of aryl methyl sites for hydroxylation is 1. The van der Waals surface area contributed by atoms with Crippen molar-refractivity contribution >= 4 is 17.5 Å². The van der Waals surface area contributed by atoms with Crippen LogP contribution in [0.25, 0.3) is 0 Å². The second kappa shape index (κ2) is 13.5. The number of carbonyl (C=O) groups is 2. The van der Waals surface area contributed by atoms with Crippen molar-refractivity contribution in [1.82, 2.24) is 4.90 Å². The highest BCUT2D eigenvalue weighted by molar-refractivity contribution is 5.94. The number of hydrogen-bond acceptors (Lipinski definition) is 4. The number of unbranched alkanes of at least 4 members (excludes halogenated alkanes) is 3. The SMILES string of the molecule is O=C1CCc2cc(OCCCCC(=O)N(CCCCCO)CC3CCCCC3)ccc2N1. The maximum absolute atomic E-state index is 12.9. The van der Waals surface area contributed by atoms with Gasteiger partial charge in [-0.15, -0.1) is 0 Å². The van der Waals surface area contributed by atoms with Crippen LogP contribution in [0.3, 0.4) is 0 Å². The first-order chi connectivity index (χ1) is 15.7. The van der Waals surface area contributed by atoms with Crippen molar-refractivity contribution in [1.29, 1.82) is 0 Å². The summed E-state index contributed by atoms with van der Waals surface area (Å²) in [4.78, 5) is 26.5. The Morgan fingerprint density at radius 1 is 1.06 bits per heavy atom. The lowest BCUT2D eigenvalue weighted by atomic mass is 9.89. The average molecular weight is 445 g/mol. The quantitative estimate of drug-likeness (QED) is 0.433. The van der Waals surface area contributed by atoms with Gasteiger partial charge in [0.15, 0.2) is 0 Å². The average Bonchev–Trinajstić information content (AvgIpc) is 2.81. The highest BCUT2D eigenvalue weighted by atomic mass is 16.5. The predicted octanol–water partition coefficient (Wildman–Crippen LogP) is 4.69. The Morgan fingerprint density at radius 3 is 2.72 bits per heavy atom. The number of benzene rings is 1. The van der Waals surface area contributed by atoms with Crippen molar-refractivity contribution < 1.29 is 19.4 Å². The van der Waals surface area contributed by atoms with E-state index < -0.39 is 0 Å². The fraction of sp³-hybridized carbons (Fsp3) is 0.692. The molecule has 2 N–H and O–H groups in total. The lowest BCUT2D eigenvalue weighted by Crippen LogP contribution is -2.36. The van der Waals surface area contributed by atoms with Crippen LogP contribution in [0, 0.1) is 5.92 Å². The molecule has 1 fully saturated rings. The van der Waals surface area contributed by atoms with Crippen molar-refractivity contribution in [2.45, 2.75) is 83.5 Å². The van der Waals surface area contributed by atoms with Gasteiger partial charge < -0.3 is 20.1 Å². The molecule has 178 valence electrons. The van der Waals surface area contributed by atoms with Crippen molar-refractivity contribution in [3.63, 3.8) is 0 Å². The van der Waals surface area contributed by atoms with Crippen LogP contribution in [-0.4, -0.2) is 48.1 Å². The summed E-state index contributed by atoms with van der Waals surface area (Å²) in [6, 6.07) is 5.82. The van der Waals surface area contributed by atoms with E-state index in [1.54, 1.807) is 0 Å². The third-order valence-corrected chi connectivity index (χ3v) is 6.67. The monoisotopic (exact) mass is 444 g/mol. The number of fused-ring (bicyclic) bond motifs is 1. The van der Waals surface area contributed by atoms with Crippen LogP contribution < -0.4 is 10.1 Å². The van der Waals surface area contributed by atoms with E-state index in [9.17, 15) is 9.59 Å². The van der Waals surface area contributed by atoms with Gasteiger partial charge in [-0.05, 0) is 81.0 Å². The molecule has 0 radical (unpaired) electrons. The number of nitrogens with one attached hydrogen (secondary N) is 1. The zero-order chi connectivity index (χ0) is 22.6. The molecule has 0 aromatic heterocycles. The molecule has 2 aliphatic rings. The summed E-state index contributed by atoms with van der Waals surface area (Å²) >= 11 is 0. The standard InChI is InChI=1S/C26H40N2O4/c29-17-7-2-6-16-28(20-21-9-3-1-4-10-21)26(31)11-5-8-18-32-23-13-14-24-22(19-23)12-15-25(30)27-24/h13-14,19,21,29H,1-12,15-18,20H2,(H,27,30). The number of aliphatic hydroxyl groups is 1. The summed E-state index contributed by atoms with van der Waals surface area (Å²) in [6.07, 6.45) is 12.7. The Bertz CT molecular complexity index is 731. The Morgan fingerprint density at radius 2 is 1.91 bits per heavy atom. The van der Waals surface area contributed by atoms with E-state index >= 15 is 0 Å². The van der Waals surface area contributed by atoms with Crippen LogP contribution in [0.4, 0.5) is 5.69 Å². The molecular formula is C26H40N2O4. The molecule has 0 bridgehead atoms. The Labute approximate surface area is 192 Å². The molecule has 1 aliphatic heterocycles. The van der Waals surface area contributed by atoms with Crippen LogP contribution in [0.2, 0.25) is 0 Å². The van der Waals surface area contributed by atoms with Gasteiger partial charge >= 0.3 is 0 Å². The summed E-state index contributed by atoms with van der Waals surface area (Å²) in [7, 11) is 0. The second-order valence-corrected chi connectivity index (χ2v) is 9.30. The van der Waals surface area contributed by atoms with Gasteiger partial charge in [0.05, 0.1) is 6.61 Å². The molecule has 0 atom stereocenters. The van der Waals surface area contributed by atoms with Crippen LogP contribution in [0.1, 0.15) is 82.6 Å². The largest absolute Gasteiger partial charge is 0.494 e. The van der Waals surface area contributed by atoms with Crippen LogP contribution in [0.5, 0.6) is 5.75 Å². The smallest absolute Gasteiger partial charge is 0.224 e. The molecule has 1 aromatic rings. The molecule has 2 amide bonds. The minimum absolute atomic E-state index is 0.0711. The number of hydrogen-bond donors (Lipinski definition) is 2. The molecule has 0 saturated heterocycles. The van der Waals surface area contributed by atoms with E-state index in [0.29, 0.717) is 25.4 Å². The fourth-order valence-corrected chi connectivity index (χ4v) is 4.77. The van der Waals surface area contributed by atoms with Crippen LogP contribution >= 0.6 is 0 Å². The molecular weight excluding hydrogens is 404 g/mol. The summed E-state index contributed by atoms with van der Waals surface area (Å²) < 4.78 is 5.89. The van der Waals surface area contributed by atoms with Gasteiger partial charge in [0.1, 0.15) is 5.75 Å². The lowest BCUT2D eigenvalue weighted by Gasteiger charge is -2.30. The number of amides is 2. The zero-order valence-electron chi connectivity index (χ0n) is 19.4. The highest BCUT2D eigenvalue weighted by Crippen LogP contribution is 2.27. The van der Waals surface area contributed by atoms with Gasteiger partial charge in [0.25, 0.3) is 0 Å². The first-order valence-corrected chi connectivity index (χ1v) is 12.6. The predicted molar refractivity (Wildman–Crippen MR) is 127 cm³/mol. The number of aliphatic hydroxyl groups excluding tert-OH is 1. The third-order valence-electron chi connectivity index (χ3n) is 6.67. The van der Waals surface area contributed by atoms with Crippen molar-refractivity contribution in [3.8, 4) is 5.75 Å². The normalized spacial score (nSPS) is 16.3. The molecule has 0 unspecified atom stereocenters. The second-order valence-electron chi connectivity index (χ2n) is 9.30. The molecule has 0 spiro atoms. The molecule has 6 heteroatoms. The first-order valence-electron chi connectivity index (χ1n) is 12.6. The summed E-state index contributed by atoms with van der Waals surface area (Å²) in [6.45, 7) is 2.55. The maximum atomic E-state index is 12.9. The van der Waals surface area contributed by atoms with Crippen molar-refractivity contribution in [3.05, 3.63) is 23.8 Å². The number of ether oxygens (including phenoxy) is 1. The van der Waals surface area contributed by atoms with Crippen LogP contribution in [-0.2, 0) is 16.0 Å². The van der Waals surface area contributed by atoms with Gasteiger partial charge in [0, 0.05) is 38.2 Å². The fourth-order valence-electron chi connectivity index (χ4n) is 4.77. The summed E-state index contributed by atoms with van der Waals surface area (Å²) in [5, 5.41) is 11.9.